The first-order chi connectivity index (χ1) is 28.7. The highest BCUT2D eigenvalue weighted by Gasteiger charge is 2.21. The maximum absolute atomic E-state index is 6.32. The van der Waals surface area contributed by atoms with Gasteiger partial charge in [-0.05, 0) is 106 Å². The Morgan fingerprint density at radius 1 is 0.293 bits per heavy atom. The Morgan fingerprint density at radius 2 is 0.828 bits per heavy atom. The number of benzene rings is 10. The summed E-state index contributed by atoms with van der Waals surface area (Å²) in [6.45, 7) is 0. The minimum absolute atomic E-state index is 0.884. The molecule has 0 aliphatic rings. The van der Waals surface area contributed by atoms with Gasteiger partial charge in [0, 0.05) is 64.5 Å². The molecule has 0 amide bonds. The monoisotopic (exact) mass is 758 g/mol. The third-order valence-electron chi connectivity index (χ3n) is 11.6. The molecular formula is C54H34N2OS. The maximum Gasteiger partial charge on any atom is 0.135 e. The van der Waals surface area contributed by atoms with Crippen LogP contribution in [-0.4, -0.2) is 0 Å². The predicted octanol–water partition coefficient (Wildman–Crippen LogP) is 16.4. The number of furan rings is 1. The number of hydrogen-bond acceptors (Lipinski definition) is 4. The Bertz CT molecular complexity index is 3540. The van der Waals surface area contributed by atoms with Gasteiger partial charge in [0.1, 0.15) is 11.2 Å². The van der Waals surface area contributed by atoms with Gasteiger partial charge in [-0.15, -0.1) is 11.3 Å². The van der Waals surface area contributed by atoms with Crippen LogP contribution in [-0.2, 0) is 0 Å². The van der Waals surface area contributed by atoms with Gasteiger partial charge in [0.25, 0.3) is 0 Å². The molecule has 272 valence electrons. The fraction of sp³-hybridized carbons (Fsp3) is 0. The maximum atomic E-state index is 6.32. The van der Waals surface area contributed by atoms with Crippen LogP contribution in [0, 0.1) is 0 Å². The first kappa shape index (κ1) is 32.8. The van der Waals surface area contributed by atoms with Crippen molar-refractivity contribution in [2.24, 2.45) is 0 Å². The van der Waals surface area contributed by atoms with Crippen molar-refractivity contribution in [1.82, 2.24) is 0 Å². The number of fused-ring (bicyclic) bond motifs is 10. The SMILES string of the molecule is c1ccc(N(c2ccc3sc4ccc(N(c5ccc6oc7ccccc7c6c5)c5cc6ccccc6c6ccccc56)cc4c3c2)c2cccc3ccccc23)cc1. The molecule has 4 heteroatoms. The fourth-order valence-electron chi connectivity index (χ4n) is 8.94. The van der Waals surface area contributed by atoms with E-state index in [-0.39, 0.29) is 0 Å². The molecule has 0 aliphatic carbocycles. The smallest absolute Gasteiger partial charge is 0.135 e. The number of para-hydroxylation sites is 2. The lowest BCUT2D eigenvalue weighted by Crippen LogP contribution is -2.10. The zero-order chi connectivity index (χ0) is 38.2. The topological polar surface area (TPSA) is 19.6 Å². The quantitative estimate of drug-likeness (QED) is 0.157. The second kappa shape index (κ2) is 13.1. The largest absolute Gasteiger partial charge is 0.456 e. The van der Waals surface area contributed by atoms with E-state index in [1.54, 1.807) is 0 Å². The van der Waals surface area contributed by atoms with Crippen LogP contribution < -0.4 is 9.80 Å². The highest BCUT2D eigenvalue weighted by Crippen LogP contribution is 2.47. The van der Waals surface area contributed by atoms with Gasteiger partial charge >= 0.3 is 0 Å². The molecule has 0 saturated carbocycles. The minimum atomic E-state index is 0.884. The van der Waals surface area contributed by atoms with Crippen molar-refractivity contribution < 1.29 is 4.42 Å². The molecule has 0 N–H and O–H groups in total. The summed E-state index contributed by atoms with van der Waals surface area (Å²) in [6, 6.07) is 74.7. The normalized spacial score (nSPS) is 11.8. The molecule has 12 aromatic rings. The molecule has 12 rings (SSSR count). The van der Waals surface area contributed by atoms with Gasteiger partial charge in [-0.25, -0.2) is 0 Å². The van der Waals surface area contributed by atoms with Gasteiger partial charge in [0.2, 0.25) is 0 Å². The van der Waals surface area contributed by atoms with Crippen molar-refractivity contribution in [1.29, 1.82) is 0 Å². The van der Waals surface area contributed by atoms with E-state index in [2.05, 4.69) is 204 Å². The van der Waals surface area contributed by atoms with Crippen LogP contribution >= 0.6 is 11.3 Å². The van der Waals surface area contributed by atoms with E-state index in [9.17, 15) is 0 Å². The highest BCUT2D eigenvalue weighted by atomic mass is 32.1. The summed E-state index contributed by atoms with van der Waals surface area (Å²) < 4.78 is 8.84. The predicted molar refractivity (Wildman–Crippen MR) is 248 cm³/mol. The molecule has 0 atom stereocenters. The van der Waals surface area contributed by atoms with Gasteiger partial charge in [0.05, 0.1) is 11.4 Å². The van der Waals surface area contributed by atoms with Gasteiger partial charge in [-0.1, -0.05) is 121 Å². The second-order valence-electron chi connectivity index (χ2n) is 14.9. The van der Waals surface area contributed by atoms with E-state index in [0.717, 1.165) is 56.1 Å². The lowest BCUT2D eigenvalue weighted by atomic mass is 9.98. The van der Waals surface area contributed by atoms with E-state index in [1.165, 1.54) is 52.5 Å². The number of nitrogens with zero attached hydrogens (tertiary/aromatic N) is 2. The molecule has 0 saturated heterocycles. The minimum Gasteiger partial charge on any atom is -0.456 e. The Labute approximate surface area is 338 Å². The van der Waals surface area contributed by atoms with Crippen LogP contribution in [0.15, 0.2) is 211 Å². The Kier molecular flexibility index (Phi) is 7.40. The Morgan fingerprint density at radius 3 is 1.59 bits per heavy atom. The van der Waals surface area contributed by atoms with Crippen LogP contribution in [0.5, 0.6) is 0 Å². The summed E-state index contributed by atoms with van der Waals surface area (Å²) in [7, 11) is 0. The Hall–Kier alpha value is -7.40. The summed E-state index contributed by atoms with van der Waals surface area (Å²) in [6.07, 6.45) is 0. The average molecular weight is 759 g/mol. The fourth-order valence-corrected chi connectivity index (χ4v) is 10.0. The van der Waals surface area contributed by atoms with Crippen molar-refractivity contribution in [3.8, 4) is 0 Å². The van der Waals surface area contributed by atoms with Gasteiger partial charge < -0.3 is 14.2 Å². The molecule has 0 unspecified atom stereocenters. The number of hydrogen-bond donors (Lipinski definition) is 0. The lowest BCUT2D eigenvalue weighted by Gasteiger charge is -2.28. The van der Waals surface area contributed by atoms with Gasteiger partial charge in [0.15, 0.2) is 0 Å². The van der Waals surface area contributed by atoms with Crippen molar-refractivity contribution >= 4 is 120 Å². The van der Waals surface area contributed by atoms with E-state index in [4.69, 9.17) is 4.42 Å². The van der Waals surface area contributed by atoms with Crippen molar-refractivity contribution in [2.45, 2.75) is 0 Å². The molecule has 3 nitrogen and oxygen atoms in total. The van der Waals surface area contributed by atoms with E-state index >= 15 is 0 Å². The van der Waals surface area contributed by atoms with Crippen molar-refractivity contribution in [3.05, 3.63) is 206 Å². The number of thiophene rings is 1. The Balaban J connectivity index is 1.10. The first-order valence-electron chi connectivity index (χ1n) is 19.7. The van der Waals surface area contributed by atoms with Crippen LogP contribution in [0.1, 0.15) is 0 Å². The summed E-state index contributed by atoms with van der Waals surface area (Å²) in [4.78, 5) is 4.84. The molecular weight excluding hydrogens is 725 g/mol. The van der Waals surface area contributed by atoms with Crippen LogP contribution in [0.3, 0.4) is 0 Å². The van der Waals surface area contributed by atoms with Crippen LogP contribution in [0.25, 0.3) is 74.4 Å². The first-order valence-corrected chi connectivity index (χ1v) is 20.5. The van der Waals surface area contributed by atoms with Crippen LogP contribution in [0.4, 0.5) is 34.1 Å². The summed E-state index contributed by atoms with van der Waals surface area (Å²) in [5, 5.41) is 12.0. The molecule has 10 aromatic carbocycles. The zero-order valence-electron chi connectivity index (χ0n) is 31.3. The average Bonchev–Trinajstić information content (AvgIpc) is 3.85. The van der Waals surface area contributed by atoms with Crippen LogP contribution in [0.2, 0.25) is 0 Å². The molecule has 0 aliphatic heterocycles. The molecule has 0 spiro atoms. The summed E-state index contributed by atoms with van der Waals surface area (Å²) in [5.41, 5.74) is 8.48. The standard InChI is InChI=1S/C54H34N2OS/c1-2-16-37(17-3-1)55(49-23-12-15-35-13-4-7-19-42(35)49)39-26-29-53-47(33-39)48-34-40(27-30-54(48)58-53)56(38-25-28-52-46(32-38)45-22-10-11-24-51(45)57-52)50-31-36-14-5-6-18-41(36)43-20-8-9-21-44(43)50/h1-34H. The number of rotatable bonds is 6. The van der Waals surface area contributed by atoms with E-state index in [1.807, 2.05) is 23.5 Å². The molecule has 58 heavy (non-hydrogen) atoms. The lowest BCUT2D eigenvalue weighted by molar-refractivity contribution is 0.669. The van der Waals surface area contributed by atoms with Gasteiger partial charge in [-0.2, -0.15) is 0 Å². The highest BCUT2D eigenvalue weighted by molar-refractivity contribution is 7.25. The summed E-state index contributed by atoms with van der Waals surface area (Å²) >= 11 is 1.85. The van der Waals surface area contributed by atoms with Crippen molar-refractivity contribution in [3.63, 3.8) is 0 Å². The van der Waals surface area contributed by atoms with E-state index in [0.29, 0.717) is 0 Å². The second-order valence-corrected chi connectivity index (χ2v) is 16.0. The molecule has 0 radical (unpaired) electrons. The molecule has 0 fully saturated rings. The molecule has 2 aromatic heterocycles. The third kappa shape index (κ3) is 5.19. The third-order valence-corrected chi connectivity index (χ3v) is 12.7. The van der Waals surface area contributed by atoms with Gasteiger partial charge in [-0.3, -0.25) is 0 Å². The van der Waals surface area contributed by atoms with E-state index < -0.39 is 0 Å². The molecule has 2 heterocycles. The number of anilines is 6. The summed E-state index contributed by atoms with van der Waals surface area (Å²) in [5.74, 6) is 0. The molecule has 0 bridgehead atoms. The van der Waals surface area contributed by atoms with Crippen molar-refractivity contribution in [2.75, 3.05) is 9.80 Å². The zero-order valence-corrected chi connectivity index (χ0v) is 32.2.